The fourth-order valence-electron chi connectivity index (χ4n) is 1.05. The van der Waals surface area contributed by atoms with Crippen LogP contribution in [0.2, 0.25) is 0 Å². The predicted molar refractivity (Wildman–Crippen MR) is 54.4 cm³/mol. The fraction of sp³-hybridized carbons (Fsp3) is 0.200. The first-order valence-electron chi connectivity index (χ1n) is 4.44. The molecule has 15 heavy (non-hydrogen) atoms. The summed E-state index contributed by atoms with van der Waals surface area (Å²) in [7, 11) is 0. The lowest BCUT2D eigenvalue weighted by Gasteiger charge is -2.11. The maximum absolute atomic E-state index is 11.5. The summed E-state index contributed by atoms with van der Waals surface area (Å²) < 4.78 is 0. The van der Waals surface area contributed by atoms with Gasteiger partial charge in [0.1, 0.15) is 6.04 Å². The van der Waals surface area contributed by atoms with Crippen LogP contribution in [0.1, 0.15) is 10.4 Å². The van der Waals surface area contributed by atoms with Gasteiger partial charge in [0.15, 0.2) is 0 Å². The number of nitrogens with one attached hydrogen (secondary N) is 1. The Bertz CT molecular complexity index is 351. The Morgan fingerprint density at radius 1 is 1.33 bits per heavy atom. The van der Waals surface area contributed by atoms with Crippen molar-refractivity contribution in [3.63, 3.8) is 0 Å². The van der Waals surface area contributed by atoms with Crippen molar-refractivity contribution in [2.24, 2.45) is 5.73 Å². The number of hydrogen-bond donors (Lipinski definition) is 3. The molecule has 0 saturated carbocycles. The highest BCUT2D eigenvalue weighted by atomic mass is 16.4. The van der Waals surface area contributed by atoms with Gasteiger partial charge in [-0.15, -0.1) is 0 Å². The molecule has 1 aromatic carbocycles. The zero-order valence-corrected chi connectivity index (χ0v) is 8.01. The number of nitrogens with two attached hydrogens (primary N) is 1. The number of aliphatic carboxylic acids is 1. The first-order valence-corrected chi connectivity index (χ1v) is 4.44. The van der Waals surface area contributed by atoms with Crippen molar-refractivity contribution in [3.05, 3.63) is 35.9 Å². The van der Waals surface area contributed by atoms with E-state index >= 15 is 0 Å². The first kappa shape index (κ1) is 11.2. The van der Waals surface area contributed by atoms with E-state index in [1.807, 2.05) is 0 Å². The smallest absolute Gasteiger partial charge is 0.327 e. The molecule has 1 amide bonds. The van der Waals surface area contributed by atoms with Crippen LogP contribution in [0.25, 0.3) is 0 Å². The van der Waals surface area contributed by atoms with Crippen LogP contribution in [0.15, 0.2) is 30.3 Å². The molecule has 0 aromatic heterocycles. The maximum atomic E-state index is 11.5. The number of amides is 1. The van der Waals surface area contributed by atoms with E-state index in [4.69, 9.17) is 10.8 Å². The van der Waals surface area contributed by atoms with Gasteiger partial charge in [-0.3, -0.25) is 4.79 Å². The molecule has 0 fully saturated rings. The molecule has 80 valence electrons. The molecule has 0 aliphatic carbocycles. The van der Waals surface area contributed by atoms with Crippen molar-refractivity contribution in [3.8, 4) is 0 Å². The van der Waals surface area contributed by atoms with Gasteiger partial charge in [-0.2, -0.15) is 0 Å². The van der Waals surface area contributed by atoms with Gasteiger partial charge in [-0.1, -0.05) is 18.2 Å². The minimum Gasteiger partial charge on any atom is -0.480 e. The van der Waals surface area contributed by atoms with E-state index in [0.717, 1.165) is 0 Å². The Labute approximate surface area is 86.9 Å². The van der Waals surface area contributed by atoms with Gasteiger partial charge in [-0.05, 0) is 12.1 Å². The quantitative estimate of drug-likeness (QED) is 0.640. The lowest BCUT2D eigenvalue weighted by Crippen LogP contribution is -2.45. The molecule has 1 rings (SSSR count). The number of rotatable bonds is 4. The van der Waals surface area contributed by atoms with E-state index in [-0.39, 0.29) is 6.54 Å². The van der Waals surface area contributed by atoms with Crippen molar-refractivity contribution in [1.29, 1.82) is 0 Å². The van der Waals surface area contributed by atoms with Crippen molar-refractivity contribution in [1.82, 2.24) is 5.32 Å². The van der Waals surface area contributed by atoms with Crippen LogP contribution < -0.4 is 11.1 Å². The van der Waals surface area contributed by atoms with Crippen molar-refractivity contribution >= 4 is 11.9 Å². The summed E-state index contributed by atoms with van der Waals surface area (Å²) in [5.41, 5.74) is 5.62. The second-order valence-corrected chi connectivity index (χ2v) is 2.97. The Kier molecular flexibility index (Phi) is 3.82. The molecule has 1 unspecified atom stereocenters. The van der Waals surface area contributed by atoms with Gasteiger partial charge >= 0.3 is 5.97 Å². The Hall–Kier alpha value is -1.88. The minimum absolute atomic E-state index is 0.131. The van der Waals surface area contributed by atoms with Gasteiger partial charge in [0.05, 0.1) is 0 Å². The molecule has 0 aliphatic rings. The van der Waals surface area contributed by atoms with Crippen LogP contribution in [0.5, 0.6) is 0 Å². The molecular weight excluding hydrogens is 196 g/mol. The lowest BCUT2D eigenvalue weighted by atomic mass is 10.2. The molecule has 0 bridgehead atoms. The standard InChI is InChI=1S/C10H12N2O3/c11-6-8(10(14)15)12-9(13)7-4-2-1-3-5-7/h1-5,8H,6,11H2,(H,12,13)(H,14,15). The third kappa shape index (κ3) is 3.07. The molecule has 5 heteroatoms. The van der Waals surface area contributed by atoms with Crippen LogP contribution in [0.3, 0.4) is 0 Å². The molecule has 0 radical (unpaired) electrons. The van der Waals surface area contributed by atoms with E-state index in [1.54, 1.807) is 30.3 Å². The van der Waals surface area contributed by atoms with Gasteiger partial charge in [0, 0.05) is 12.1 Å². The van der Waals surface area contributed by atoms with Gasteiger partial charge in [0.2, 0.25) is 0 Å². The highest BCUT2D eigenvalue weighted by Crippen LogP contribution is 1.98. The van der Waals surface area contributed by atoms with Gasteiger partial charge in [0.25, 0.3) is 5.91 Å². The highest BCUT2D eigenvalue weighted by molar-refractivity contribution is 5.96. The number of carboxylic acid groups (broad SMARTS) is 1. The summed E-state index contributed by atoms with van der Waals surface area (Å²) in [6, 6.07) is 7.34. The molecular formula is C10H12N2O3. The summed E-state index contributed by atoms with van der Waals surface area (Å²) in [5.74, 6) is -1.57. The van der Waals surface area contributed by atoms with E-state index in [2.05, 4.69) is 5.32 Å². The van der Waals surface area contributed by atoms with Gasteiger partial charge < -0.3 is 16.2 Å². The topological polar surface area (TPSA) is 92.4 Å². The van der Waals surface area contributed by atoms with E-state index in [0.29, 0.717) is 5.56 Å². The fourth-order valence-corrected chi connectivity index (χ4v) is 1.05. The van der Waals surface area contributed by atoms with Crippen LogP contribution in [0.4, 0.5) is 0 Å². The third-order valence-electron chi connectivity index (χ3n) is 1.88. The Morgan fingerprint density at radius 3 is 2.40 bits per heavy atom. The van der Waals surface area contributed by atoms with Gasteiger partial charge in [-0.25, -0.2) is 4.79 Å². The van der Waals surface area contributed by atoms with E-state index in [9.17, 15) is 9.59 Å². The molecule has 0 aliphatic heterocycles. The summed E-state index contributed by atoms with van der Waals surface area (Å²) in [6.45, 7) is -0.131. The highest BCUT2D eigenvalue weighted by Gasteiger charge is 2.18. The number of hydrogen-bond acceptors (Lipinski definition) is 3. The number of carbonyl (C=O) groups is 2. The zero-order chi connectivity index (χ0) is 11.3. The molecule has 0 saturated heterocycles. The number of benzene rings is 1. The largest absolute Gasteiger partial charge is 0.480 e. The monoisotopic (exact) mass is 208 g/mol. The first-order chi connectivity index (χ1) is 7.15. The average molecular weight is 208 g/mol. The van der Waals surface area contributed by atoms with Crippen LogP contribution in [-0.4, -0.2) is 29.6 Å². The molecule has 0 heterocycles. The van der Waals surface area contributed by atoms with Crippen molar-refractivity contribution in [2.75, 3.05) is 6.54 Å². The second kappa shape index (κ2) is 5.11. The molecule has 0 spiro atoms. The van der Waals surface area contributed by atoms with Crippen LogP contribution >= 0.6 is 0 Å². The van der Waals surface area contributed by atoms with Crippen molar-refractivity contribution < 1.29 is 14.7 Å². The van der Waals surface area contributed by atoms with E-state index in [1.165, 1.54) is 0 Å². The van der Waals surface area contributed by atoms with E-state index < -0.39 is 17.9 Å². The molecule has 5 nitrogen and oxygen atoms in total. The van der Waals surface area contributed by atoms with Crippen LogP contribution in [0, 0.1) is 0 Å². The lowest BCUT2D eigenvalue weighted by molar-refractivity contribution is -0.138. The van der Waals surface area contributed by atoms with Crippen molar-refractivity contribution in [2.45, 2.75) is 6.04 Å². The molecule has 4 N–H and O–H groups in total. The minimum atomic E-state index is -1.14. The maximum Gasteiger partial charge on any atom is 0.327 e. The summed E-state index contributed by atoms with van der Waals surface area (Å²) in [6.07, 6.45) is 0. The predicted octanol–water partition coefficient (Wildman–Crippen LogP) is -0.172. The Balaban J connectivity index is 2.67. The normalized spacial score (nSPS) is 11.8. The zero-order valence-electron chi connectivity index (χ0n) is 8.01. The average Bonchev–Trinajstić information content (AvgIpc) is 2.26. The summed E-state index contributed by atoms with van der Waals surface area (Å²) >= 11 is 0. The summed E-state index contributed by atoms with van der Waals surface area (Å²) in [5, 5.41) is 11.0. The molecule has 1 atom stereocenters. The SMILES string of the molecule is NCC(NC(=O)c1ccccc1)C(=O)O. The molecule has 1 aromatic rings. The number of carbonyl (C=O) groups excluding carboxylic acids is 1. The number of carboxylic acids is 1. The Morgan fingerprint density at radius 2 is 1.93 bits per heavy atom. The second-order valence-electron chi connectivity index (χ2n) is 2.97. The summed E-state index contributed by atoms with van der Waals surface area (Å²) in [4.78, 5) is 22.1. The van der Waals surface area contributed by atoms with Crippen LogP contribution in [-0.2, 0) is 4.79 Å². The third-order valence-corrected chi connectivity index (χ3v) is 1.88.